The van der Waals surface area contributed by atoms with Crippen molar-refractivity contribution in [3.05, 3.63) is 219 Å². The molecule has 62 heavy (non-hydrogen) atoms. The Bertz CT molecular complexity index is 3850. The van der Waals surface area contributed by atoms with Gasteiger partial charge in [0.1, 0.15) is 0 Å². The summed E-state index contributed by atoms with van der Waals surface area (Å²) in [5.74, 6) is 0. The van der Waals surface area contributed by atoms with Gasteiger partial charge in [0.05, 0.1) is 56.9 Å². The van der Waals surface area contributed by atoms with Crippen LogP contribution in [-0.2, 0) is 0 Å². The van der Waals surface area contributed by atoms with Gasteiger partial charge in [-0.2, -0.15) is 10.2 Å². The number of hydrogen-bond acceptors (Lipinski definition) is 2. The van der Waals surface area contributed by atoms with Crippen LogP contribution in [0.5, 0.6) is 0 Å². The van der Waals surface area contributed by atoms with E-state index in [0.29, 0.717) is 0 Å². The number of fused-ring (bicyclic) bond motifs is 9. The van der Waals surface area contributed by atoms with E-state index in [-0.39, 0.29) is 0 Å². The van der Waals surface area contributed by atoms with E-state index in [1.165, 1.54) is 38.1 Å². The smallest absolute Gasteiger partial charge is 0.0762 e. The summed E-state index contributed by atoms with van der Waals surface area (Å²) < 4.78 is 8.93. The van der Waals surface area contributed by atoms with Gasteiger partial charge in [0.25, 0.3) is 0 Å². The fraction of sp³-hybridized carbons (Fsp3) is 0. The minimum atomic E-state index is 1.02. The lowest BCUT2D eigenvalue weighted by Crippen LogP contribution is -1.97. The van der Waals surface area contributed by atoms with E-state index in [0.717, 1.165) is 72.3 Å². The first-order chi connectivity index (χ1) is 30.8. The number of benzene rings is 9. The first-order valence-electron chi connectivity index (χ1n) is 21.0. The van der Waals surface area contributed by atoms with Crippen molar-refractivity contribution in [2.24, 2.45) is 0 Å². The second-order valence-electron chi connectivity index (χ2n) is 16.0. The van der Waals surface area contributed by atoms with Crippen molar-refractivity contribution >= 4 is 65.4 Å². The molecule has 0 aliphatic rings. The molecule has 0 amide bonds. The van der Waals surface area contributed by atoms with Gasteiger partial charge < -0.3 is 9.13 Å². The van der Waals surface area contributed by atoms with Gasteiger partial charge in [-0.15, -0.1) is 0 Å². The molecular weight excluding hydrogens is 757 g/mol. The molecule has 9 aromatic carbocycles. The minimum absolute atomic E-state index is 1.02. The third-order valence-electron chi connectivity index (χ3n) is 12.5. The Labute approximate surface area is 356 Å². The summed E-state index contributed by atoms with van der Waals surface area (Å²) in [5, 5.41) is 16.9. The van der Waals surface area contributed by atoms with Crippen LogP contribution in [0.4, 0.5) is 0 Å². The zero-order chi connectivity index (χ0) is 40.7. The van der Waals surface area contributed by atoms with Crippen molar-refractivity contribution in [2.45, 2.75) is 0 Å². The summed E-state index contributed by atoms with van der Waals surface area (Å²) in [7, 11) is 0. The SMILES string of the molecule is c1ccc(-c2cccc(-n3ncc4c3ccc3c5cc(-c6cccc7c6cnn7-c6ccccc6)ccc5n(-c5ccc6c(c5)c5ccccc5n6-c5ccccc5)c34)c2)cc1. The molecule has 4 aromatic heterocycles. The van der Waals surface area contributed by atoms with Crippen LogP contribution in [0, 0.1) is 0 Å². The number of aromatic nitrogens is 6. The van der Waals surface area contributed by atoms with Gasteiger partial charge >= 0.3 is 0 Å². The monoisotopic (exact) mass is 792 g/mol. The Kier molecular flexibility index (Phi) is 7.50. The third kappa shape index (κ3) is 5.17. The summed E-state index contributed by atoms with van der Waals surface area (Å²) in [6.45, 7) is 0. The fourth-order valence-corrected chi connectivity index (χ4v) is 9.73. The molecule has 0 aliphatic heterocycles. The Morgan fingerprint density at radius 2 is 0.855 bits per heavy atom. The Hall–Kier alpha value is -8.48. The molecule has 4 heterocycles. The minimum Gasteiger partial charge on any atom is -0.309 e. The molecule has 0 atom stereocenters. The molecule has 0 N–H and O–H groups in total. The second-order valence-corrected chi connectivity index (χ2v) is 16.0. The average molecular weight is 793 g/mol. The van der Waals surface area contributed by atoms with E-state index >= 15 is 0 Å². The van der Waals surface area contributed by atoms with E-state index in [1.807, 2.05) is 23.1 Å². The van der Waals surface area contributed by atoms with Crippen LogP contribution < -0.4 is 0 Å². The Balaban J connectivity index is 1.06. The highest BCUT2D eigenvalue weighted by molar-refractivity contribution is 6.19. The maximum absolute atomic E-state index is 5.10. The number of para-hydroxylation sites is 3. The van der Waals surface area contributed by atoms with Crippen molar-refractivity contribution < 1.29 is 0 Å². The van der Waals surface area contributed by atoms with Crippen molar-refractivity contribution in [3.8, 4) is 45.0 Å². The molecule has 0 aliphatic carbocycles. The molecule has 6 heteroatoms. The summed E-state index contributed by atoms with van der Waals surface area (Å²) in [6, 6.07) is 73.8. The molecule has 0 unspecified atom stereocenters. The quantitative estimate of drug-likeness (QED) is 0.168. The molecule has 0 bridgehead atoms. The fourth-order valence-electron chi connectivity index (χ4n) is 9.73. The summed E-state index contributed by atoms with van der Waals surface area (Å²) in [4.78, 5) is 0. The maximum Gasteiger partial charge on any atom is 0.0762 e. The van der Waals surface area contributed by atoms with Gasteiger partial charge in [0, 0.05) is 43.7 Å². The average Bonchev–Trinajstić information content (AvgIpc) is 4.13. The lowest BCUT2D eigenvalue weighted by Gasteiger charge is -2.11. The van der Waals surface area contributed by atoms with Crippen LogP contribution in [0.15, 0.2) is 219 Å². The third-order valence-corrected chi connectivity index (χ3v) is 12.5. The van der Waals surface area contributed by atoms with E-state index in [1.54, 1.807) is 0 Å². The van der Waals surface area contributed by atoms with Crippen LogP contribution in [0.25, 0.3) is 110 Å². The second kappa shape index (κ2) is 13.5. The normalized spacial score (nSPS) is 11.9. The van der Waals surface area contributed by atoms with Gasteiger partial charge in [-0.05, 0) is 113 Å². The molecule has 6 nitrogen and oxygen atoms in total. The lowest BCUT2D eigenvalue weighted by molar-refractivity contribution is 0.911. The van der Waals surface area contributed by atoms with Crippen LogP contribution in [0.2, 0.25) is 0 Å². The van der Waals surface area contributed by atoms with Gasteiger partial charge in [-0.3, -0.25) is 0 Å². The largest absolute Gasteiger partial charge is 0.309 e. The van der Waals surface area contributed by atoms with Crippen molar-refractivity contribution in [1.29, 1.82) is 0 Å². The van der Waals surface area contributed by atoms with Crippen LogP contribution in [0.3, 0.4) is 0 Å². The van der Waals surface area contributed by atoms with E-state index in [4.69, 9.17) is 10.2 Å². The molecule has 13 rings (SSSR count). The highest BCUT2D eigenvalue weighted by Crippen LogP contribution is 2.42. The molecule has 0 saturated carbocycles. The summed E-state index contributed by atoms with van der Waals surface area (Å²) in [5.41, 5.74) is 15.7. The number of rotatable bonds is 6. The molecule has 0 spiro atoms. The van der Waals surface area contributed by atoms with E-state index in [2.05, 4.69) is 214 Å². The van der Waals surface area contributed by atoms with Crippen LogP contribution in [-0.4, -0.2) is 28.7 Å². The molecule has 0 saturated heterocycles. The van der Waals surface area contributed by atoms with Gasteiger partial charge in [-0.1, -0.05) is 115 Å². The predicted molar refractivity (Wildman–Crippen MR) is 255 cm³/mol. The predicted octanol–water partition coefficient (Wildman–Crippen LogP) is 13.9. The topological polar surface area (TPSA) is 45.5 Å². The maximum atomic E-state index is 5.10. The van der Waals surface area contributed by atoms with Crippen LogP contribution >= 0.6 is 0 Å². The van der Waals surface area contributed by atoms with E-state index < -0.39 is 0 Å². The number of nitrogens with zero attached hydrogens (tertiary/aromatic N) is 6. The Morgan fingerprint density at radius 1 is 0.274 bits per heavy atom. The zero-order valence-corrected chi connectivity index (χ0v) is 33.5. The van der Waals surface area contributed by atoms with Crippen molar-refractivity contribution in [1.82, 2.24) is 28.7 Å². The van der Waals surface area contributed by atoms with E-state index in [9.17, 15) is 0 Å². The highest BCUT2D eigenvalue weighted by Gasteiger charge is 2.21. The highest BCUT2D eigenvalue weighted by atomic mass is 15.3. The molecular formula is C56H36N6. The lowest BCUT2D eigenvalue weighted by atomic mass is 9.99. The Morgan fingerprint density at radius 3 is 1.69 bits per heavy atom. The summed E-state index contributed by atoms with van der Waals surface area (Å²) >= 11 is 0. The van der Waals surface area contributed by atoms with Crippen LogP contribution in [0.1, 0.15) is 0 Å². The van der Waals surface area contributed by atoms with Crippen molar-refractivity contribution in [2.75, 3.05) is 0 Å². The first-order valence-corrected chi connectivity index (χ1v) is 21.0. The molecule has 13 aromatic rings. The van der Waals surface area contributed by atoms with Gasteiger partial charge in [0.2, 0.25) is 0 Å². The molecule has 0 fully saturated rings. The van der Waals surface area contributed by atoms with Crippen molar-refractivity contribution in [3.63, 3.8) is 0 Å². The zero-order valence-electron chi connectivity index (χ0n) is 33.5. The van der Waals surface area contributed by atoms with Gasteiger partial charge in [0.15, 0.2) is 0 Å². The molecule has 290 valence electrons. The molecule has 0 radical (unpaired) electrons. The van der Waals surface area contributed by atoms with Gasteiger partial charge in [-0.25, -0.2) is 9.36 Å². The summed E-state index contributed by atoms with van der Waals surface area (Å²) in [6.07, 6.45) is 4.04. The first kappa shape index (κ1) is 34.4. The standard InChI is InChI=1S/C56H36N6/c1-4-14-37(15-5-1)38-16-12-21-43(32-38)62-55-31-28-46-47-33-39(44-23-13-25-54-49(44)35-57-61(54)41-19-8-3-9-20-41)26-29-53(47)60(56(46)50(55)36-58-62)42-27-30-52-48(34-42)45-22-10-11-24-51(45)59(52)40-17-6-2-7-18-40/h1-36H. The number of hydrogen-bond donors (Lipinski definition) is 0.